The minimum Gasteiger partial charge on any atom is -0.497 e. The minimum absolute atomic E-state index is 0.102. The molecule has 3 rings (SSSR count). The molecule has 7 nitrogen and oxygen atoms in total. The summed E-state index contributed by atoms with van der Waals surface area (Å²) in [6, 6.07) is 5.35. The van der Waals surface area contributed by atoms with Crippen LogP contribution in [0.5, 0.6) is 11.6 Å². The maximum atomic E-state index is 14.0. The van der Waals surface area contributed by atoms with Gasteiger partial charge in [0.05, 0.1) is 12.7 Å². The Morgan fingerprint density at radius 2 is 2.16 bits per heavy atom. The maximum Gasteiger partial charge on any atom is 0.414 e. The summed E-state index contributed by atoms with van der Waals surface area (Å²) in [5, 5.41) is 18.6. The molecule has 1 aromatic heterocycles. The molecule has 0 radical (unpaired) electrons. The molecule has 0 spiro atoms. The van der Waals surface area contributed by atoms with Gasteiger partial charge in [-0.05, 0) is 18.2 Å². The quantitative estimate of drug-likeness (QED) is 0.760. The number of benzene rings is 1. The van der Waals surface area contributed by atoms with Gasteiger partial charge in [-0.1, -0.05) is 0 Å². The highest BCUT2D eigenvalue weighted by atomic mass is 19.4. The maximum absolute atomic E-state index is 14.0. The number of aliphatic carboxylic acids is 1. The smallest absolute Gasteiger partial charge is 0.414 e. The molecule has 1 unspecified atom stereocenters. The number of nitrogens with one attached hydrogen (secondary N) is 1. The van der Waals surface area contributed by atoms with Crippen LogP contribution < -0.4 is 15.2 Å². The third-order valence-corrected chi connectivity index (χ3v) is 4.04. The number of hydrogen-bond donors (Lipinski definition) is 3. The van der Waals surface area contributed by atoms with E-state index < -0.39 is 40.5 Å². The van der Waals surface area contributed by atoms with Crippen molar-refractivity contribution in [3.05, 3.63) is 35.2 Å². The van der Waals surface area contributed by atoms with E-state index in [1.165, 1.54) is 31.4 Å². The number of nitrogens with zero attached hydrogens (tertiary/aromatic N) is 1. The van der Waals surface area contributed by atoms with E-state index in [9.17, 15) is 28.3 Å². The molecule has 2 heterocycles. The number of H-pyrrole nitrogens is 1. The molecular formula is C15H10F3N3O4. The molecule has 0 bridgehead atoms. The summed E-state index contributed by atoms with van der Waals surface area (Å²) < 4.78 is 52.1. The van der Waals surface area contributed by atoms with Crippen molar-refractivity contribution in [2.24, 2.45) is 5.73 Å². The second-order valence-electron chi connectivity index (χ2n) is 5.25. The van der Waals surface area contributed by atoms with Crippen molar-refractivity contribution < 1.29 is 32.5 Å². The Morgan fingerprint density at radius 1 is 1.48 bits per heavy atom. The van der Waals surface area contributed by atoms with Gasteiger partial charge in [-0.15, -0.1) is 0 Å². The van der Waals surface area contributed by atoms with E-state index in [0.29, 0.717) is 0 Å². The highest BCUT2D eigenvalue weighted by molar-refractivity contribution is 5.99. The number of carbonyl (C=O) groups is 1. The zero-order valence-corrected chi connectivity index (χ0v) is 12.6. The first-order valence-corrected chi connectivity index (χ1v) is 6.77. The summed E-state index contributed by atoms with van der Waals surface area (Å²) in [6.07, 6.45) is -5.36. The second kappa shape index (κ2) is 5.07. The number of methoxy groups -OCH3 is 1. The van der Waals surface area contributed by atoms with Gasteiger partial charge in [0.1, 0.15) is 17.4 Å². The lowest BCUT2D eigenvalue weighted by molar-refractivity contribution is -0.197. The van der Waals surface area contributed by atoms with E-state index in [2.05, 4.69) is 4.98 Å². The van der Waals surface area contributed by atoms with E-state index in [1.807, 2.05) is 0 Å². The number of alkyl halides is 3. The van der Waals surface area contributed by atoms with Crippen LogP contribution in [-0.4, -0.2) is 29.3 Å². The standard InChI is InChI=1S/C15H10F3N3O4/c1-24-6-2-3-9-7(4-6)10-12(21-9)25-11(20)8(5-19)14(10,13(22)23)15(16,17)18/h2-4,21H,20H2,1H3,(H,22,23). The average molecular weight is 353 g/mol. The molecule has 4 N–H and O–H groups in total. The molecule has 0 saturated carbocycles. The van der Waals surface area contributed by atoms with E-state index in [0.717, 1.165) is 0 Å². The fraction of sp³-hybridized carbons (Fsp3) is 0.200. The molecule has 10 heteroatoms. The number of fused-ring (bicyclic) bond motifs is 3. The fourth-order valence-corrected chi connectivity index (χ4v) is 2.95. The van der Waals surface area contributed by atoms with Crippen LogP contribution in [0.3, 0.4) is 0 Å². The molecule has 2 aromatic rings. The highest BCUT2D eigenvalue weighted by Crippen LogP contribution is 2.55. The molecule has 0 fully saturated rings. The number of hydrogen-bond acceptors (Lipinski definition) is 5. The van der Waals surface area contributed by atoms with Gasteiger partial charge in [-0.3, -0.25) is 4.79 Å². The van der Waals surface area contributed by atoms with Crippen LogP contribution in [0.4, 0.5) is 13.2 Å². The Morgan fingerprint density at radius 3 is 2.68 bits per heavy atom. The highest BCUT2D eigenvalue weighted by Gasteiger charge is 2.69. The van der Waals surface area contributed by atoms with Crippen LogP contribution in [0.15, 0.2) is 29.7 Å². The first-order chi connectivity index (χ1) is 11.7. The number of halogens is 3. The molecule has 0 saturated heterocycles. The fourth-order valence-electron chi connectivity index (χ4n) is 2.95. The number of nitrogens with two attached hydrogens (primary N) is 1. The SMILES string of the molecule is COc1ccc2[nH]c3c(c2c1)C(C(=O)O)(C(F)(F)F)C(C#N)=C(N)O3. The summed E-state index contributed by atoms with van der Waals surface area (Å²) in [4.78, 5) is 14.4. The van der Waals surface area contributed by atoms with Crippen LogP contribution in [0.1, 0.15) is 5.56 Å². The number of carboxylic acids is 1. The monoisotopic (exact) mass is 353 g/mol. The zero-order valence-electron chi connectivity index (χ0n) is 12.6. The van der Waals surface area contributed by atoms with Crippen molar-refractivity contribution in [3.63, 3.8) is 0 Å². The van der Waals surface area contributed by atoms with Crippen LogP contribution in [0, 0.1) is 11.3 Å². The summed E-state index contributed by atoms with van der Waals surface area (Å²) in [6.45, 7) is 0. The Labute approximate surface area is 138 Å². The molecular weight excluding hydrogens is 343 g/mol. The van der Waals surface area contributed by atoms with Crippen molar-refractivity contribution in [2.75, 3.05) is 7.11 Å². The Bertz CT molecular complexity index is 971. The van der Waals surface area contributed by atoms with Crippen molar-refractivity contribution in [2.45, 2.75) is 11.6 Å². The van der Waals surface area contributed by atoms with Crippen LogP contribution in [-0.2, 0) is 10.2 Å². The Balaban J connectivity index is 2.53. The van der Waals surface area contributed by atoms with E-state index in [1.54, 1.807) is 0 Å². The summed E-state index contributed by atoms with van der Waals surface area (Å²) in [5.74, 6) is -3.49. The van der Waals surface area contributed by atoms with Gasteiger partial charge in [0.2, 0.25) is 17.2 Å². The predicted molar refractivity (Wildman–Crippen MR) is 77.7 cm³/mol. The van der Waals surface area contributed by atoms with Crippen LogP contribution >= 0.6 is 0 Å². The molecule has 1 aliphatic rings. The number of nitriles is 1. The van der Waals surface area contributed by atoms with Crippen molar-refractivity contribution >= 4 is 16.9 Å². The van der Waals surface area contributed by atoms with Gasteiger partial charge in [0.25, 0.3) is 0 Å². The third-order valence-electron chi connectivity index (χ3n) is 4.04. The van der Waals surface area contributed by atoms with Gasteiger partial charge >= 0.3 is 12.1 Å². The van der Waals surface area contributed by atoms with Gasteiger partial charge in [0, 0.05) is 10.9 Å². The Kier molecular flexibility index (Phi) is 3.35. The van der Waals surface area contributed by atoms with Crippen molar-refractivity contribution in [1.29, 1.82) is 5.26 Å². The zero-order chi connectivity index (χ0) is 18.6. The predicted octanol–water partition coefficient (Wildman–Crippen LogP) is 2.15. The molecule has 1 aliphatic heterocycles. The third kappa shape index (κ3) is 1.95. The van der Waals surface area contributed by atoms with Gasteiger partial charge in [-0.25, -0.2) is 0 Å². The van der Waals surface area contributed by atoms with E-state index >= 15 is 0 Å². The summed E-state index contributed by atoms with van der Waals surface area (Å²) in [7, 11) is 1.31. The number of aromatic amines is 1. The summed E-state index contributed by atoms with van der Waals surface area (Å²) >= 11 is 0. The molecule has 25 heavy (non-hydrogen) atoms. The van der Waals surface area contributed by atoms with Gasteiger partial charge in [-0.2, -0.15) is 18.4 Å². The summed E-state index contributed by atoms with van der Waals surface area (Å²) in [5.41, 5.74) is -0.0458. The van der Waals surface area contributed by atoms with Gasteiger partial charge < -0.3 is 25.3 Å². The first kappa shape index (κ1) is 16.5. The number of aromatic nitrogens is 1. The lowest BCUT2D eigenvalue weighted by Crippen LogP contribution is -2.53. The molecule has 130 valence electrons. The lowest BCUT2D eigenvalue weighted by Gasteiger charge is -2.34. The first-order valence-electron chi connectivity index (χ1n) is 6.77. The van der Waals surface area contributed by atoms with E-state index in [4.69, 9.17) is 15.2 Å². The number of ether oxygens (including phenoxy) is 2. The average Bonchev–Trinajstić information content (AvgIpc) is 2.88. The van der Waals surface area contributed by atoms with E-state index in [-0.39, 0.29) is 16.7 Å². The molecule has 0 aliphatic carbocycles. The largest absolute Gasteiger partial charge is 0.497 e. The van der Waals surface area contributed by atoms with Crippen molar-refractivity contribution in [3.8, 4) is 17.7 Å². The topological polar surface area (TPSA) is 121 Å². The lowest BCUT2D eigenvalue weighted by atomic mass is 9.72. The number of carboxylic acid groups (broad SMARTS) is 1. The normalized spacial score (nSPS) is 20.0. The van der Waals surface area contributed by atoms with Crippen LogP contribution in [0.2, 0.25) is 0 Å². The van der Waals surface area contributed by atoms with Crippen LogP contribution in [0.25, 0.3) is 10.9 Å². The van der Waals surface area contributed by atoms with Crippen molar-refractivity contribution in [1.82, 2.24) is 4.98 Å². The number of rotatable bonds is 2. The minimum atomic E-state index is -5.36. The molecule has 1 atom stereocenters. The second-order valence-corrected chi connectivity index (χ2v) is 5.25. The Hall–Kier alpha value is -3.35. The molecule has 0 amide bonds. The van der Waals surface area contributed by atoms with Gasteiger partial charge in [0.15, 0.2) is 0 Å². The molecule has 1 aromatic carbocycles.